The minimum atomic E-state index is 0. The van der Waals surface area contributed by atoms with Gasteiger partial charge in [0.25, 0.3) is 0 Å². The molecule has 0 amide bonds. The molecule has 0 aromatic rings. The van der Waals surface area contributed by atoms with E-state index in [1.807, 2.05) is 0 Å². The molecule has 0 saturated heterocycles. The molecule has 0 spiro atoms. The fourth-order valence-electron chi connectivity index (χ4n) is 0. The zero-order valence-corrected chi connectivity index (χ0v) is 14.1. The monoisotopic (exact) mass is 341 g/mol. The number of rotatable bonds is 0. The maximum absolute atomic E-state index is 0. The van der Waals surface area contributed by atoms with Crippen LogP contribution in [0.15, 0.2) is 0 Å². The molecule has 35 valence electrons. The number of hydrogen-bond acceptors (Lipinski definition) is 0. The van der Waals surface area contributed by atoms with Crippen molar-refractivity contribution in [1.82, 2.24) is 0 Å². The third-order valence-corrected chi connectivity index (χ3v) is 0. The maximum Gasteiger partial charge on any atom is 2.00 e. The molecular formula is H9AlBaLiMgMnNaNi. The Morgan fingerprint density at radius 2 is 1.14 bits per heavy atom. The summed E-state index contributed by atoms with van der Waals surface area (Å²) in [5, 5.41) is 0. The van der Waals surface area contributed by atoms with Crippen LogP contribution in [0.3, 0.4) is 0 Å². The summed E-state index contributed by atoms with van der Waals surface area (Å²) in [6.07, 6.45) is 0. The molecule has 0 N–H and O–H groups in total. The van der Waals surface area contributed by atoms with Crippen molar-refractivity contribution in [3.63, 3.8) is 0 Å². The average Bonchev–Trinajstić information content (AvgIpc) is 0. The summed E-state index contributed by atoms with van der Waals surface area (Å²) < 4.78 is 0. The summed E-state index contributed by atoms with van der Waals surface area (Å²) >= 11 is 0. The second-order valence-electron chi connectivity index (χ2n) is 0. The van der Waals surface area contributed by atoms with Crippen LogP contribution in [0.4, 0.5) is 0 Å². The summed E-state index contributed by atoms with van der Waals surface area (Å²) in [4.78, 5) is 0. The molecule has 0 unspecified atom stereocenters. The van der Waals surface area contributed by atoms with Gasteiger partial charge in [-0.2, -0.15) is 0 Å². The Kier molecular flexibility index (Phi) is 328. The van der Waals surface area contributed by atoms with Gasteiger partial charge in [0.1, 0.15) is 0 Å². The first-order chi connectivity index (χ1) is 0. The van der Waals surface area contributed by atoms with Gasteiger partial charge >= 0.3 is 120 Å². The molecule has 0 aliphatic heterocycles. The van der Waals surface area contributed by atoms with Crippen LogP contribution in [0.1, 0.15) is 8.56 Å². The molecule has 0 aromatic heterocycles. The Morgan fingerprint density at radius 3 is 1.14 bits per heavy atom. The molecule has 0 nitrogen and oxygen atoms in total. The molecule has 0 heterocycles. The van der Waals surface area contributed by atoms with Crippen molar-refractivity contribution < 1.29 is 90.5 Å². The van der Waals surface area contributed by atoms with Crippen molar-refractivity contribution in [3.8, 4) is 0 Å². The second kappa shape index (κ2) is 42.0. The van der Waals surface area contributed by atoms with E-state index in [2.05, 4.69) is 0 Å². The van der Waals surface area contributed by atoms with Crippen molar-refractivity contribution in [2.75, 3.05) is 0 Å². The molecule has 7 heavy (non-hydrogen) atoms. The minimum absolute atomic E-state index is 0. The third kappa shape index (κ3) is 34.4. The first kappa shape index (κ1) is 54.8. The third-order valence-electron chi connectivity index (χ3n) is 0. The van der Waals surface area contributed by atoms with E-state index in [1.165, 1.54) is 0 Å². The minimum Gasteiger partial charge on any atom is -1.00 e. The Labute approximate surface area is 175 Å². The number of hydrogen-bond donors (Lipinski definition) is 0. The van der Waals surface area contributed by atoms with Gasteiger partial charge in [0.15, 0.2) is 17.4 Å². The molecule has 0 fully saturated rings. The van der Waals surface area contributed by atoms with Crippen LogP contribution in [-0.2, 0) is 33.6 Å². The molecule has 0 aliphatic carbocycles. The van der Waals surface area contributed by atoms with Crippen molar-refractivity contribution in [3.05, 3.63) is 0 Å². The van der Waals surface area contributed by atoms with Crippen LogP contribution in [0, 0.1) is 0 Å². The van der Waals surface area contributed by atoms with Crippen LogP contribution in [-0.4, -0.2) is 89.3 Å². The molecule has 0 aromatic carbocycles. The fraction of sp³-hybridized carbons (Fsp3) is 0. The van der Waals surface area contributed by atoms with Gasteiger partial charge in [0.2, 0.25) is 0 Å². The Morgan fingerprint density at radius 1 is 1.14 bits per heavy atom. The summed E-state index contributed by atoms with van der Waals surface area (Å²) in [6.45, 7) is 0. The van der Waals surface area contributed by atoms with Crippen LogP contribution >= 0.6 is 0 Å². The van der Waals surface area contributed by atoms with E-state index >= 15 is 0 Å². The van der Waals surface area contributed by atoms with E-state index in [0.29, 0.717) is 0 Å². The van der Waals surface area contributed by atoms with E-state index in [9.17, 15) is 0 Å². The van der Waals surface area contributed by atoms with Crippen molar-refractivity contribution >= 4 is 89.3 Å². The van der Waals surface area contributed by atoms with E-state index < -0.39 is 0 Å². The Bertz CT molecular complexity index is 32.6. The zero-order valence-electron chi connectivity index (χ0n) is 10.1. The summed E-state index contributed by atoms with van der Waals surface area (Å²) in [6, 6.07) is 0. The topological polar surface area (TPSA) is 0 Å². The maximum atomic E-state index is 0. The predicted octanol–water partition coefficient (Wildman–Crippen LogP) is -7.27. The van der Waals surface area contributed by atoms with Gasteiger partial charge in [-0.05, 0) is 0 Å². The van der Waals surface area contributed by atoms with Gasteiger partial charge in [0, 0.05) is 33.6 Å². The van der Waals surface area contributed by atoms with E-state index in [-0.39, 0.29) is 180 Å². The first-order valence-corrected chi connectivity index (χ1v) is 0. The molecule has 0 rings (SSSR count). The van der Waals surface area contributed by atoms with E-state index in [0.717, 1.165) is 0 Å². The Balaban J connectivity index is 0. The van der Waals surface area contributed by atoms with Crippen molar-refractivity contribution in [1.29, 1.82) is 0 Å². The van der Waals surface area contributed by atoms with Crippen LogP contribution < -0.4 is 48.4 Å². The van der Waals surface area contributed by atoms with Gasteiger partial charge in [-0.1, -0.05) is 0 Å². The standard InChI is InChI=1S/Al.Ba.Li.Mg.Mn.Na.Ni.9H/q;+2;+1;+2;;+1;;;;;6*-1. The van der Waals surface area contributed by atoms with Gasteiger partial charge in [-0.15, -0.1) is 0 Å². The molecular weight excluding hydrogens is 332 g/mol. The zero-order chi connectivity index (χ0) is 0. The van der Waals surface area contributed by atoms with E-state index in [4.69, 9.17) is 0 Å². The summed E-state index contributed by atoms with van der Waals surface area (Å²) in [5.41, 5.74) is 0. The molecule has 7 heteroatoms. The molecule has 0 atom stereocenters. The smallest absolute Gasteiger partial charge is 1.00 e. The largest absolute Gasteiger partial charge is 2.00 e. The van der Waals surface area contributed by atoms with Crippen LogP contribution in [0.2, 0.25) is 0 Å². The van der Waals surface area contributed by atoms with Crippen LogP contribution in [0.5, 0.6) is 0 Å². The van der Waals surface area contributed by atoms with Gasteiger partial charge in [-0.25, -0.2) is 0 Å². The van der Waals surface area contributed by atoms with Gasteiger partial charge in [0.05, 0.1) is 0 Å². The quantitative estimate of drug-likeness (QED) is 0.384. The van der Waals surface area contributed by atoms with Crippen molar-refractivity contribution in [2.24, 2.45) is 0 Å². The first-order valence-electron chi connectivity index (χ1n) is 0. The summed E-state index contributed by atoms with van der Waals surface area (Å²) in [5.74, 6) is 0. The van der Waals surface area contributed by atoms with Gasteiger partial charge in [-0.3, -0.25) is 0 Å². The normalized spacial score (nSPS) is 0. The molecule has 1 radical (unpaired) electrons. The van der Waals surface area contributed by atoms with Crippen LogP contribution in [0.25, 0.3) is 0 Å². The Hall–Kier alpha value is 5.48. The summed E-state index contributed by atoms with van der Waals surface area (Å²) in [7, 11) is 0. The average molecular weight is 341 g/mol. The van der Waals surface area contributed by atoms with E-state index in [1.54, 1.807) is 0 Å². The molecule has 0 bridgehead atoms. The fourth-order valence-corrected chi connectivity index (χ4v) is 0. The van der Waals surface area contributed by atoms with Gasteiger partial charge < -0.3 is 8.56 Å². The predicted molar refractivity (Wildman–Crippen MR) is 28.1 cm³/mol. The second-order valence-corrected chi connectivity index (χ2v) is 0. The van der Waals surface area contributed by atoms with Crippen molar-refractivity contribution in [2.45, 2.75) is 0 Å². The SMILES string of the molecule is [AlH3].[Ba+2].[H-].[H-].[H-].[H-].[H-].[H-].[Li+].[Mg+2].[Mn].[Na+].[Ni]. The molecule has 0 saturated carbocycles. The molecule has 0 aliphatic rings.